The third-order valence-electron chi connectivity index (χ3n) is 3.33. The normalized spacial score (nSPS) is 10.5. The zero-order valence-electron chi connectivity index (χ0n) is 12.8. The van der Waals surface area contributed by atoms with Gasteiger partial charge in [-0.15, -0.1) is 0 Å². The van der Waals surface area contributed by atoms with Crippen molar-refractivity contribution in [2.75, 3.05) is 7.11 Å². The predicted octanol–water partition coefficient (Wildman–Crippen LogP) is 4.59. The zero-order valence-corrected chi connectivity index (χ0v) is 13.6. The monoisotopic (exact) mass is 325 g/mol. The minimum absolute atomic E-state index is 0.141. The molecular weight excluding hydrogens is 310 g/mol. The van der Waals surface area contributed by atoms with E-state index in [1.54, 1.807) is 13.2 Å². The molecule has 0 N–H and O–H groups in total. The Morgan fingerprint density at radius 2 is 1.78 bits per heavy atom. The summed E-state index contributed by atoms with van der Waals surface area (Å²) in [6, 6.07) is 16.8. The van der Waals surface area contributed by atoms with Crippen molar-refractivity contribution in [3.05, 3.63) is 65.9 Å². The minimum atomic E-state index is -0.141. The first-order chi connectivity index (χ1) is 11.2. The molecule has 0 aliphatic carbocycles. The van der Waals surface area contributed by atoms with Crippen LogP contribution in [0.4, 0.5) is 0 Å². The van der Waals surface area contributed by atoms with E-state index in [0.717, 1.165) is 33.5 Å². The SMILES string of the molecule is COc1ccc(-c2cc(C(=O)Sc3ccc(C)cc3)no2)cc1. The first-order valence-corrected chi connectivity index (χ1v) is 7.87. The minimum Gasteiger partial charge on any atom is -0.497 e. The Morgan fingerprint density at radius 3 is 2.43 bits per heavy atom. The highest BCUT2D eigenvalue weighted by Crippen LogP contribution is 2.27. The number of thioether (sulfide) groups is 1. The summed E-state index contributed by atoms with van der Waals surface area (Å²) in [4.78, 5) is 13.1. The maximum absolute atomic E-state index is 12.3. The fourth-order valence-electron chi connectivity index (χ4n) is 2.03. The molecule has 0 spiro atoms. The average molecular weight is 325 g/mol. The van der Waals surface area contributed by atoms with Crippen molar-refractivity contribution in [1.82, 2.24) is 5.16 Å². The van der Waals surface area contributed by atoms with Crippen LogP contribution in [-0.2, 0) is 0 Å². The van der Waals surface area contributed by atoms with Crippen molar-refractivity contribution in [2.45, 2.75) is 11.8 Å². The molecule has 2 aromatic carbocycles. The van der Waals surface area contributed by atoms with Crippen LogP contribution in [0.5, 0.6) is 5.75 Å². The molecule has 0 saturated heterocycles. The molecule has 0 atom stereocenters. The second-order valence-corrected chi connectivity index (χ2v) is 6.05. The smallest absolute Gasteiger partial charge is 0.246 e. The van der Waals surface area contributed by atoms with E-state index in [1.807, 2.05) is 55.5 Å². The molecule has 1 aromatic heterocycles. The third-order valence-corrected chi connectivity index (χ3v) is 4.23. The molecule has 23 heavy (non-hydrogen) atoms. The third kappa shape index (κ3) is 3.63. The molecule has 116 valence electrons. The van der Waals surface area contributed by atoms with Gasteiger partial charge in [-0.2, -0.15) is 0 Å². The van der Waals surface area contributed by atoms with Crippen LogP contribution in [0.15, 0.2) is 64.0 Å². The van der Waals surface area contributed by atoms with Gasteiger partial charge in [0.15, 0.2) is 11.5 Å². The lowest BCUT2D eigenvalue weighted by Gasteiger charge is -1.99. The van der Waals surface area contributed by atoms with Gasteiger partial charge in [-0.3, -0.25) is 4.79 Å². The van der Waals surface area contributed by atoms with Gasteiger partial charge in [0.05, 0.1) is 7.11 Å². The number of ether oxygens (including phenoxy) is 1. The molecule has 0 aliphatic heterocycles. The van der Waals surface area contributed by atoms with Crippen molar-refractivity contribution in [3.8, 4) is 17.1 Å². The summed E-state index contributed by atoms with van der Waals surface area (Å²) in [6.07, 6.45) is 0. The molecule has 0 saturated carbocycles. The van der Waals surface area contributed by atoms with Crippen molar-refractivity contribution in [2.24, 2.45) is 0 Å². The van der Waals surface area contributed by atoms with Crippen LogP contribution in [0.2, 0.25) is 0 Å². The van der Waals surface area contributed by atoms with E-state index in [2.05, 4.69) is 5.16 Å². The number of hydrogen-bond acceptors (Lipinski definition) is 5. The number of carbonyl (C=O) groups excluding carboxylic acids is 1. The molecule has 3 aromatic rings. The van der Waals surface area contributed by atoms with Gasteiger partial charge in [0.25, 0.3) is 0 Å². The first-order valence-electron chi connectivity index (χ1n) is 7.06. The maximum Gasteiger partial charge on any atom is 0.246 e. The van der Waals surface area contributed by atoms with Gasteiger partial charge in [-0.1, -0.05) is 22.9 Å². The Hall–Kier alpha value is -2.53. The van der Waals surface area contributed by atoms with Gasteiger partial charge in [-0.25, -0.2) is 0 Å². The number of hydrogen-bond donors (Lipinski definition) is 0. The van der Waals surface area contributed by atoms with Gasteiger partial charge >= 0.3 is 0 Å². The van der Waals surface area contributed by atoms with Crippen molar-refractivity contribution < 1.29 is 14.1 Å². The van der Waals surface area contributed by atoms with E-state index < -0.39 is 0 Å². The molecule has 0 radical (unpaired) electrons. The van der Waals surface area contributed by atoms with Crippen molar-refractivity contribution in [1.29, 1.82) is 0 Å². The highest BCUT2D eigenvalue weighted by atomic mass is 32.2. The summed E-state index contributed by atoms with van der Waals surface area (Å²) in [7, 11) is 1.61. The van der Waals surface area contributed by atoms with E-state index in [-0.39, 0.29) is 5.12 Å². The van der Waals surface area contributed by atoms with E-state index >= 15 is 0 Å². The molecular formula is C18H15NO3S. The number of aromatic nitrogens is 1. The lowest BCUT2D eigenvalue weighted by atomic mass is 10.1. The molecule has 0 bridgehead atoms. The van der Waals surface area contributed by atoms with Crippen LogP contribution in [0.3, 0.4) is 0 Å². The summed E-state index contributed by atoms with van der Waals surface area (Å²) in [6.45, 7) is 2.01. The van der Waals surface area contributed by atoms with Crippen molar-refractivity contribution >= 4 is 16.9 Å². The molecule has 1 heterocycles. The quantitative estimate of drug-likeness (QED) is 0.657. The number of benzene rings is 2. The van der Waals surface area contributed by atoms with E-state index in [4.69, 9.17) is 9.26 Å². The van der Waals surface area contributed by atoms with Gasteiger partial charge in [0.1, 0.15) is 5.75 Å². The van der Waals surface area contributed by atoms with Crippen LogP contribution in [-0.4, -0.2) is 17.4 Å². The van der Waals surface area contributed by atoms with Gasteiger partial charge in [-0.05, 0) is 55.1 Å². The Kier molecular flexibility index (Phi) is 4.48. The number of carbonyl (C=O) groups is 1. The summed E-state index contributed by atoms with van der Waals surface area (Å²) >= 11 is 1.14. The second-order valence-electron chi connectivity index (χ2n) is 5.01. The number of nitrogens with zero attached hydrogens (tertiary/aromatic N) is 1. The van der Waals surface area contributed by atoms with Crippen LogP contribution in [0.1, 0.15) is 16.1 Å². The van der Waals surface area contributed by atoms with Crippen LogP contribution in [0, 0.1) is 6.92 Å². The number of rotatable bonds is 4. The number of aryl methyl sites for hydroxylation is 1. The second kappa shape index (κ2) is 6.71. The fourth-order valence-corrected chi connectivity index (χ4v) is 2.72. The molecule has 3 rings (SSSR count). The molecule has 0 unspecified atom stereocenters. The molecule has 4 nitrogen and oxygen atoms in total. The van der Waals surface area contributed by atoms with Gasteiger partial charge in [0, 0.05) is 16.5 Å². The lowest BCUT2D eigenvalue weighted by molar-refractivity contribution is 0.108. The summed E-state index contributed by atoms with van der Waals surface area (Å²) in [5.74, 6) is 1.32. The van der Waals surface area contributed by atoms with E-state index in [0.29, 0.717) is 11.5 Å². The van der Waals surface area contributed by atoms with Crippen LogP contribution < -0.4 is 4.74 Å². The van der Waals surface area contributed by atoms with E-state index in [9.17, 15) is 4.79 Å². The molecule has 0 aliphatic rings. The molecule has 5 heteroatoms. The summed E-state index contributed by atoms with van der Waals surface area (Å²) < 4.78 is 10.4. The Bertz CT molecular complexity index is 807. The average Bonchev–Trinajstić information content (AvgIpc) is 3.07. The molecule has 0 fully saturated rings. The van der Waals surface area contributed by atoms with Gasteiger partial charge < -0.3 is 9.26 Å². The van der Waals surface area contributed by atoms with Crippen molar-refractivity contribution in [3.63, 3.8) is 0 Å². The standard InChI is InChI=1S/C18H15NO3S/c1-12-3-9-15(10-4-12)23-18(20)16-11-17(22-19-16)13-5-7-14(21-2)8-6-13/h3-11H,1-2H3. The van der Waals surface area contributed by atoms with Crippen LogP contribution in [0.25, 0.3) is 11.3 Å². The van der Waals surface area contributed by atoms with Crippen LogP contribution >= 0.6 is 11.8 Å². The Labute approximate surface area is 138 Å². The fraction of sp³-hybridized carbons (Fsp3) is 0.111. The largest absolute Gasteiger partial charge is 0.497 e. The van der Waals surface area contributed by atoms with E-state index in [1.165, 1.54) is 0 Å². The molecule has 0 amide bonds. The highest BCUT2D eigenvalue weighted by Gasteiger charge is 2.15. The Morgan fingerprint density at radius 1 is 1.09 bits per heavy atom. The first kappa shape index (κ1) is 15.4. The zero-order chi connectivity index (χ0) is 16.2. The number of methoxy groups -OCH3 is 1. The highest BCUT2D eigenvalue weighted by molar-refractivity contribution is 8.14. The summed E-state index contributed by atoms with van der Waals surface area (Å²) in [5.41, 5.74) is 2.31. The Balaban J connectivity index is 1.75. The van der Waals surface area contributed by atoms with Gasteiger partial charge in [0.2, 0.25) is 5.12 Å². The predicted molar refractivity (Wildman–Crippen MR) is 89.9 cm³/mol. The topological polar surface area (TPSA) is 52.3 Å². The summed E-state index contributed by atoms with van der Waals surface area (Å²) in [5, 5.41) is 3.73. The maximum atomic E-state index is 12.3. The lowest BCUT2D eigenvalue weighted by Crippen LogP contribution is -1.92.